The molecule has 1 aliphatic heterocycles. The second-order valence-electron chi connectivity index (χ2n) is 4.39. The zero-order valence-corrected chi connectivity index (χ0v) is 9.70. The van der Waals surface area contributed by atoms with Crippen LogP contribution in [0.2, 0.25) is 0 Å². The third kappa shape index (κ3) is 2.16. The first kappa shape index (κ1) is 11.3. The summed E-state index contributed by atoms with van der Waals surface area (Å²) >= 11 is 0. The van der Waals surface area contributed by atoms with Crippen LogP contribution in [0.4, 0.5) is 0 Å². The molecule has 0 fully saturated rings. The number of Topliss-reactive ketones (excluding diaryl/α,β-unsaturated/α-hetero) is 1. The molecule has 0 amide bonds. The van der Waals surface area contributed by atoms with Gasteiger partial charge in [-0.15, -0.1) is 0 Å². The van der Waals surface area contributed by atoms with Crippen LogP contribution in [0.5, 0.6) is 0 Å². The first-order valence-corrected chi connectivity index (χ1v) is 5.90. The molecule has 4 nitrogen and oxygen atoms in total. The van der Waals surface area contributed by atoms with Crippen LogP contribution < -0.4 is 0 Å². The van der Waals surface area contributed by atoms with Gasteiger partial charge in [0.1, 0.15) is 11.6 Å². The Balaban J connectivity index is 2.23. The van der Waals surface area contributed by atoms with Crippen molar-refractivity contribution in [1.29, 1.82) is 0 Å². The Morgan fingerprint density at radius 1 is 1.50 bits per heavy atom. The van der Waals surface area contributed by atoms with E-state index < -0.39 is 0 Å². The number of ketones is 1. The molecular weight excluding hydrogens is 204 g/mol. The number of aliphatic hydroxyl groups is 1. The van der Waals surface area contributed by atoms with Crippen LogP contribution in [-0.2, 0) is 30.8 Å². The molecule has 0 aliphatic carbocycles. The number of carbonyl (C=O) groups excluding carboxylic acids is 1. The van der Waals surface area contributed by atoms with Crippen molar-refractivity contribution >= 4 is 5.78 Å². The van der Waals surface area contributed by atoms with Gasteiger partial charge in [-0.2, -0.15) is 0 Å². The third-order valence-electron chi connectivity index (χ3n) is 3.13. The molecule has 1 aliphatic rings. The van der Waals surface area contributed by atoms with Gasteiger partial charge in [0, 0.05) is 25.1 Å². The van der Waals surface area contributed by atoms with Crippen molar-refractivity contribution in [3.8, 4) is 0 Å². The van der Waals surface area contributed by atoms with Crippen LogP contribution in [0.15, 0.2) is 0 Å². The summed E-state index contributed by atoms with van der Waals surface area (Å²) in [4.78, 5) is 15.4. The highest BCUT2D eigenvalue weighted by Crippen LogP contribution is 2.21. The number of aromatic nitrogens is 2. The Morgan fingerprint density at radius 2 is 2.31 bits per heavy atom. The van der Waals surface area contributed by atoms with Crippen LogP contribution in [0.1, 0.15) is 43.4 Å². The molecule has 88 valence electrons. The maximum atomic E-state index is 11.0. The highest BCUT2D eigenvalue weighted by molar-refractivity contribution is 5.75. The molecule has 0 radical (unpaired) electrons. The van der Waals surface area contributed by atoms with Crippen molar-refractivity contribution in [1.82, 2.24) is 9.55 Å². The quantitative estimate of drug-likeness (QED) is 0.833. The van der Waals surface area contributed by atoms with E-state index in [1.54, 1.807) is 6.92 Å². The summed E-state index contributed by atoms with van der Waals surface area (Å²) in [6, 6.07) is 0. The maximum Gasteiger partial charge on any atom is 0.130 e. The number of hydrogen-bond acceptors (Lipinski definition) is 3. The van der Waals surface area contributed by atoms with Crippen molar-refractivity contribution in [3.63, 3.8) is 0 Å². The van der Waals surface area contributed by atoms with Crippen LogP contribution in [0.3, 0.4) is 0 Å². The van der Waals surface area contributed by atoms with E-state index in [1.807, 2.05) is 0 Å². The first-order chi connectivity index (χ1) is 7.72. The Hall–Kier alpha value is -1.16. The Labute approximate surface area is 95.3 Å². The molecule has 0 unspecified atom stereocenters. The summed E-state index contributed by atoms with van der Waals surface area (Å²) in [5, 5.41) is 9.24. The lowest BCUT2D eigenvalue weighted by atomic mass is 10.1. The van der Waals surface area contributed by atoms with Gasteiger partial charge in [0.15, 0.2) is 0 Å². The molecule has 0 saturated carbocycles. The standard InChI is InChI=1S/C12H18N2O2/c1-9(16)5-6-12-13-10(8-15)11-4-2-3-7-14(11)12/h15H,2-8H2,1H3. The van der Waals surface area contributed by atoms with E-state index in [1.165, 1.54) is 18.5 Å². The predicted molar refractivity (Wildman–Crippen MR) is 60.1 cm³/mol. The molecular formula is C12H18N2O2. The van der Waals surface area contributed by atoms with Crippen molar-refractivity contribution in [2.45, 2.75) is 52.2 Å². The van der Waals surface area contributed by atoms with Gasteiger partial charge in [0.2, 0.25) is 0 Å². The molecule has 16 heavy (non-hydrogen) atoms. The van der Waals surface area contributed by atoms with Crippen molar-refractivity contribution < 1.29 is 9.90 Å². The molecule has 0 saturated heterocycles. The molecule has 1 aromatic rings. The number of fused-ring (bicyclic) bond motifs is 1. The average Bonchev–Trinajstić information content (AvgIpc) is 2.65. The lowest BCUT2D eigenvalue weighted by Gasteiger charge is -2.17. The van der Waals surface area contributed by atoms with Crippen molar-refractivity contribution in [2.24, 2.45) is 0 Å². The molecule has 0 aromatic carbocycles. The summed E-state index contributed by atoms with van der Waals surface area (Å²) in [5.41, 5.74) is 1.98. The van der Waals surface area contributed by atoms with Gasteiger partial charge in [0.05, 0.1) is 12.3 Å². The number of aryl methyl sites for hydroxylation is 1. The van der Waals surface area contributed by atoms with Gasteiger partial charge in [0.25, 0.3) is 0 Å². The van der Waals surface area contributed by atoms with Gasteiger partial charge in [-0.1, -0.05) is 0 Å². The lowest BCUT2D eigenvalue weighted by molar-refractivity contribution is -0.117. The molecule has 0 atom stereocenters. The van der Waals surface area contributed by atoms with E-state index >= 15 is 0 Å². The fourth-order valence-electron chi connectivity index (χ4n) is 2.30. The van der Waals surface area contributed by atoms with E-state index in [0.29, 0.717) is 12.8 Å². The van der Waals surface area contributed by atoms with E-state index in [9.17, 15) is 9.90 Å². The molecule has 0 bridgehead atoms. The number of imidazole rings is 1. The van der Waals surface area contributed by atoms with Gasteiger partial charge < -0.3 is 14.5 Å². The lowest BCUT2D eigenvalue weighted by Crippen LogP contribution is -2.14. The SMILES string of the molecule is CC(=O)CCc1nc(CO)c2n1CCCC2. The zero-order valence-electron chi connectivity index (χ0n) is 9.70. The summed E-state index contributed by atoms with van der Waals surface area (Å²) in [7, 11) is 0. The van der Waals surface area contributed by atoms with E-state index in [0.717, 1.165) is 24.5 Å². The van der Waals surface area contributed by atoms with Gasteiger partial charge in [-0.25, -0.2) is 4.98 Å². The Kier molecular flexibility index (Phi) is 3.39. The topological polar surface area (TPSA) is 55.1 Å². The van der Waals surface area contributed by atoms with Gasteiger partial charge >= 0.3 is 0 Å². The summed E-state index contributed by atoms with van der Waals surface area (Å²) in [5.74, 6) is 1.16. The minimum Gasteiger partial charge on any atom is -0.390 e. The smallest absolute Gasteiger partial charge is 0.130 e. The molecule has 2 heterocycles. The highest BCUT2D eigenvalue weighted by atomic mass is 16.3. The number of aliphatic hydroxyl groups excluding tert-OH is 1. The summed E-state index contributed by atoms with van der Waals surface area (Å²) < 4.78 is 2.19. The minimum atomic E-state index is 0.00933. The summed E-state index contributed by atoms with van der Waals surface area (Å²) in [6.45, 7) is 2.60. The second kappa shape index (κ2) is 4.78. The molecule has 2 rings (SSSR count). The van der Waals surface area contributed by atoms with Crippen molar-refractivity contribution in [3.05, 3.63) is 17.2 Å². The number of carbonyl (C=O) groups is 1. The van der Waals surface area contributed by atoms with Gasteiger partial charge in [-0.05, 0) is 26.2 Å². The number of rotatable bonds is 4. The predicted octanol–water partition coefficient (Wildman–Crippen LogP) is 1.23. The second-order valence-corrected chi connectivity index (χ2v) is 4.39. The van der Waals surface area contributed by atoms with E-state index in [2.05, 4.69) is 9.55 Å². The van der Waals surface area contributed by atoms with Crippen LogP contribution in [-0.4, -0.2) is 20.4 Å². The number of nitrogens with zero attached hydrogens (tertiary/aromatic N) is 2. The van der Waals surface area contributed by atoms with E-state index in [-0.39, 0.29) is 12.4 Å². The molecule has 0 spiro atoms. The normalized spacial score (nSPS) is 14.9. The third-order valence-corrected chi connectivity index (χ3v) is 3.13. The zero-order chi connectivity index (χ0) is 11.5. The molecule has 1 aromatic heterocycles. The summed E-state index contributed by atoms with van der Waals surface area (Å²) in [6.07, 6.45) is 4.58. The monoisotopic (exact) mass is 222 g/mol. The van der Waals surface area contributed by atoms with Crippen LogP contribution >= 0.6 is 0 Å². The van der Waals surface area contributed by atoms with Crippen LogP contribution in [0.25, 0.3) is 0 Å². The molecule has 4 heteroatoms. The first-order valence-electron chi connectivity index (χ1n) is 5.90. The number of hydrogen-bond donors (Lipinski definition) is 1. The fourth-order valence-corrected chi connectivity index (χ4v) is 2.30. The van der Waals surface area contributed by atoms with Crippen molar-refractivity contribution in [2.75, 3.05) is 0 Å². The maximum absolute atomic E-state index is 11.0. The highest BCUT2D eigenvalue weighted by Gasteiger charge is 2.19. The fraction of sp³-hybridized carbons (Fsp3) is 0.667. The Bertz CT molecular complexity index is 396. The average molecular weight is 222 g/mol. The Morgan fingerprint density at radius 3 is 3.00 bits per heavy atom. The molecule has 1 N–H and O–H groups in total. The van der Waals surface area contributed by atoms with Gasteiger partial charge in [-0.3, -0.25) is 0 Å². The largest absolute Gasteiger partial charge is 0.390 e. The minimum absolute atomic E-state index is 0.00933. The van der Waals surface area contributed by atoms with Crippen LogP contribution in [0, 0.1) is 0 Å². The van der Waals surface area contributed by atoms with E-state index in [4.69, 9.17) is 0 Å².